The Morgan fingerprint density at radius 3 is 2.41 bits per heavy atom. The molecular weight excluding hydrogens is 470 g/mol. The largest absolute Gasteiger partial charge is 0.439 e. The van der Waals surface area contributed by atoms with Crippen LogP contribution in [-0.2, 0) is 6.54 Å². The molecule has 3 N–H and O–H groups in total. The Hall–Kier alpha value is -2.75. The standard InChI is InChI=1S/C27H39N7O3/c1-15-10-12-17(13-11-15)14-34-20-22(28-16(2)18-8-5-9-18)29-24(25-32-27(36)37-33-25)30-23(20)31-26(34)21(35)19-6-3-4-7-19/h15-19,21,35H,3-14H2,1-2H3,(H,28,29,30)(H,32,33,36). The number of aliphatic hydroxyl groups is 1. The summed E-state index contributed by atoms with van der Waals surface area (Å²) in [5, 5.41) is 19.0. The smallest absolute Gasteiger partial charge is 0.385 e. The van der Waals surface area contributed by atoms with Crippen molar-refractivity contribution in [2.45, 2.75) is 103 Å². The third-order valence-corrected chi connectivity index (χ3v) is 9.19. The molecule has 3 heterocycles. The van der Waals surface area contributed by atoms with E-state index in [1.54, 1.807) is 0 Å². The summed E-state index contributed by atoms with van der Waals surface area (Å²) in [5.41, 5.74) is 1.36. The van der Waals surface area contributed by atoms with Crippen LogP contribution in [0.3, 0.4) is 0 Å². The second-order valence-electron chi connectivity index (χ2n) is 11.8. The summed E-state index contributed by atoms with van der Waals surface area (Å²) in [7, 11) is 0. The molecule has 10 heteroatoms. The summed E-state index contributed by atoms with van der Waals surface area (Å²) in [6.07, 6.45) is 12.2. The van der Waals surface area contributed by atoms with Crippen LogP contribution in [0.4, 0.5) is 5.82 Å². The summed E-state index contributed by atoms with van der Waals surface area (Å²) in [5.74, 6) is 3.29. The van der Waals surface area contributed by atoms with Crippen LogP contribution >= 0.6 is 0 Å². The maximum Gasteiger partial charge on any atom is 0.439 e. The van der Waals surface area contributed by atoms with Gasteiger partial charge in [0.2, 0.25) is 11.6 Å². The van der Waals surface area contributed by atoms with Gasteiger partial charge in [0.15, 0.2) is 11.5 Å². The van der Waals surface area contributed by atoms with Crippen LogP contribution in [0, 0.1) is 23.7 Å². The highest BCUT2D eigenvalue weighted by Crippen LogP contribution is 2.39. The van der Waals surface area contributed by atoms with Gasteiger partial charge in [-0.3, -0.25) is 9.51 Å². The molecule has 0 radical (unpaired) electrons. The van der Waals surface area contributed by atoms with E-state index in [2.05, 4.69) is 33.9 Å². The zero-order chi connectivity index (χ0) is 25.5. The molecule has 0 aromatic carbocycles. The molecule has 6 rings (SSSR count). The lowest BCUT2D eigenvalue weighted by Crippen LogP contribution is -2.31. The van der Waals surface area contributed by atoms with Gasteiger partial charge in [0.1, 0.15) is 17.4 Å². The van der Waals surface area contributed by atoms with Crippen molar-refractivity contribution in [1.29, 1.82) is 0 Å². The first-order chi connectivity index (χ1) is 18.0. The first-order valence-corrected chi connectivity index (χ1v) is 14.3. The Morgan fingerprint density at radius 1 is 1.03 bits per heavy atom. The number of rotatable bonds is 8. The fourth-order valence-corrected chi connectivity index (χ4v) is 6.52. The lowest BCUT2D eigenvalue weighted by molar-refractivity contribution is 0.0975. The summed E-state index contributed by atoms with van der Waals surface area (Å²) in [6.45, 7) is 5.34. The Balaban J connectivity index is 1.47. The molecule has 0 amide bonds. The molecular formula is C27H39N7O3. The zero-order valence-corrected chi connectivity index (χ0v) is 21.9. The van der Waals surface area contributed by atoms with E-state index >= 15 is 0 Å². The Morgan fingerprint density at radius 2 is 1.76 bits per heavy atom. The second kappa shape index (κ2) is 10.2. The highest BCUT2D eigenvalue weighted by atomic mass is 16.5. The molecule has 3 aliphatic rings. The molecule has 0 aliphatic heterocycles. The van der Waals surface area contributed by atoms with Gasteiger partial charge in [-0.05, 0) is 69.1 Å². The van der Waals surface area contributed by atoms with Gasteiger partial charge in [0.25, 0.3) is 0 Å². The van der Waals surface area contributed by atoms with Gasteiger partial charge in [-0.2, -0.15) is 0 Å². The summed E-state index contributed by atoms with van der Waals surface area (Å²) < 4.78 is 6.95. The second-order valence-corrected chi connectivity index (χ2v) is 11.8. The molecule has 200 valence electrons. The third kappa shape index (κ3) is 4.92. The van der Waals surface area contributed by atoms with Crippen molar-refractivity contribution in [3.05, 3.63) is 16.4 Å². The Kier molecular flexibility index (Phi) is 6.77. The monoisotopic (exact) mass is 509 g/mol. The molecule has 3 aromatic rings. The van der Waals surface area contributed by atoms with E-state index in [1.807, 2.05) is 0 Å². The van der Waals surface area contributed by atoms with Crippen molar-refractivity contribution in [2.24, 2.45) is 23.7 Å². The first-order valence-electron chi connectivity index (χ1n) is 14.3. The molecule has 3 fully saturated rings. The van der Waals surface area contributed by atoms with Gasteiger partial charge in [-0.25, -0.2) is 19.7 Å². The van der Waals surface area contributed by atoms with Gasteiger partial charge in [0, 0.05) is 12.6 Å². The molecule has 2 atom stereocenters. The molecule has 10 nitrogen and oxygen atoms in total. The number of hydrogen-bond donors (Lipinski definition) is 3. The van der Waals surface area contributed by atoms with E-state index in [0.717, 1.165) is 43.7 Å². The number of fused-ring (bicyclic) bond motifs is 1. The van der Waals surface area contributed by atoms with E-state index in [-0.39, 0.29) is 23.6 Å². The molecule has 2 unspecified atom stereocenters. The number of H-pyrrole nitrogens is 1. The minimum Gasteiger partial charge on any atom is -0.385 e. The molecule has 0 spiro atoms. The van der Waals surface area contributed by atoms with Crippen molar-refractivity contribution in [2.75, 3.05) is 5.32 Å². The van der Waals surface area contributed by atoms with E-state index < -0.39 is 11.9 Å². The molecule has 3 aliphatic carbocycles. The van der Waals surface area contributed by atoms with Gasteiger partial charge < -0.3 is 15.0 Å². The fourth-order valence-electron chi connectivity index (χ4n) is 6.52. The number of anilines is 1. The van der Waals surface area contributed by atoms with Crippen LogP contribution in [0.1, 0.15) is 96.4 Å². The van der Waals surface area contributed by atoms with Crippen LogP contribution < -0.4 is 11.1 Å². The number of nitrogens with zero attached hydrogens (tertiary/aromatic N) is 5. The first kappa shape index (κ1) is 24.6. The summed E-state index contributed by atoms with van der Waals surface area (Å²) in [6, 6.07) is 0.234. The third-order valence-electron chi connectivity index (χ3n) is 9.19. The molecule has 0 saturated heterocycles. The minimum atomic E-state index is -0.648. The van der Waals surface area contributed by atoms with Gasteiger partial charge in [-0.1, -0.05) is 44.2 Å². The number of hydrogen-bond acceptors (Lipinski definition) is 8. The van der Waals surface area contributed by atoms with Crippen molar-refractivity contribution in [3.8, 4) is 11.6 Å². The number of imidazole rings is 1. The van der Waals surface area contributed by atoms with Crippen LogP contribution in [0.2, 0.25) is 0 Å². The van der Waals surface area contributed by atoms with E-state index in [0.29, 0.717) is 29.1 Å². The number of aliphatic hydroxyl groups excluding tert-OH is 1. The lowest BCUT2D eigenvalue weighted by atomic mass is 9.80. The van der Waals surface area contributed by atoms with E-state index in [4.69, 9.17) is 19.5 Å². The Bertz CT molecular complexity index is 1280. The SMILES string of the molecule is CC1CCC(Cn2c(C(O)C3CCCC3)nc3nc(-c4noc(=O)[nH]4)nc(NC(C)C4CCC4)c32)CC1. The number of nitrogens with one attached hydrogen (secondary N) is 2. The summed E-state index contributed by atoms with van der Waals surface area (Å²) >= 11 is 0. The van der Waals surface area contributed by atoms with Crippen LogP contribution in [0.15, 0.2) is 9.32 Å². The van der Waals surface area contributed by atoms with Crippen LogP contribution in [0.25, 0.3) is 22.8 Å². The predicted octanol–water partition coefficient (Wildman–Crippen LogP) is 4.82. The van der Waals surface area contributed by atoms with Crippen molar-refractivity contribution < 1.29 is 9.63 Å². The van der Waals surface area contributed by atoms with Crippen molar-refractivity contribution >= 4 is 17.0 Å². The van der Waals surface area contributed by atoms with E-state index in [1.165, 1.54) is 44.9 Å². The van der Waals surface area contributed by atoms with Crippen LogP contribution in [-0.4, -0.2) is 40.8 Å². The maximum absolute atomic E-state index is 11.7. The molecule has 3 saturated carbocycles. The number of aromatic amines is 1. The quantitative estimate of drug-likeness (QED) is 0.393. The van der Waals surface area contributed by atoms with Gasteiger partial charge in [0.05, 0.1) is 0 Å². The average molecular weight is 510 g/mol. The van der Waals surface area contributed by atoms with Crippen molar-refractivity contribution in [3.63, 3.8) is 0 Å². The predicted molar refractivity (Wildman–Crippen MR) is 140 cm³/mol. The van der Waals surface area contributed by atoms with Crippen LogP contribution in [0.5, 0.6) is 0 Å². The zero-order valence-electron chi connectivity index (χ0n) is 21.9. The molecule has 0 bridgehead atoms. The topological polar surface area (TPSA) is 135 Å². The van der Waals surface area contributed by atoms with Crippen molar-refractivity contribution in [1.82, 2.24) is 29.7 Å². The van der Waals surface area contributed by atoms with Gasteiger partial charge in [-0.15, -0.1) is 0 Å². The summed E-state index contributed by atoms with van der Waals surface area (Å²) in [4.78, 5) is 28.7. The van der Waals surface area contributed by atoms with Gasteiger partial charge >= 0.3 is 5.76 Å². The van der Waals surface area contributed by atoms with E-state index in [9.17, 15) is 9.90 Å². The highest BCUT2D eigenvalue weighted by molar-refractivity contribution is 5.85. The maximum atomic E-state index is 11.7. The Labute approximate surface area is 216 Å². The average Bonchev–Trinajstić information content (AvgIpc) is 3.59. The minimum absolute atomic E-state index is 0.181. The lowest BCUT2D eigenvalue weighted by Gasteiger charge is -2.32. The number of aromatic nitrogens is 6. The fraction of sp³-hybridized carbons (Fsp3) is 0.741. The molecule has 37 heavy (non-hydrogen) atoms. The normalized spacial score (nSPS) is 24.8. The highest BCUT2D eigenvalue weighted by Gasteiger charge is 2.33. The molecule has 3 aromatic heterocycles.